The molecule has 2 aromatic rings. The van der Waals surface area contributed by atoms with E-state index in [1.165, 1.54) is 7.11 Å². The van der Waals surface area contributed by atoms with Gasteiger partial charge >= 0.3 is 0 Å². The number of rotatable bonds is 6. The van der Waals surface area contributed by atoms with E-state index in [0.717, 1.165) is 43.6 Å². The molecule has 1 saturated heterocycles. The second-order valence-corrected chi connectivity index (χ2v) is 6.83. The Labute approximate surface area is 148 Å². The topological polar surface area (TPSA) is 39.5 Å². The SMILES string of the molecule is COc1ccc(CCCN2CCO[C@@](C)(c3cnn(C)c3)C2)cc1F. The summed E-state index contributed by atoms with van der Waals surface area (Å²) >= 11 is 0. The second-order valence-electron chi connectivity index (χ2n) is 6.83. The Morgan fingerprint density at radius 2 is 2.24 bits per heavy atom. The maximum atomic E-state index is 13.8. The highest BCUT2D eigenvalue weighted by molar-refractivity contribution is 5.29. The van der Waals surface area contributed by atoms with Crippen molar-refractivity contribution in [3.63, 3.8) is 0 Å². The number of morpholine rings is 1. The third-order valence-corrected chi connectivity index (χ3v) is 4.82. The number of aromatic nitrogens is 2. The number of halogens is 1. The molecule has 0 saturated carbocycles. The third kappa shape index (κ3) is 4.19. The van der Waals surface area contributed by atoms with Crippen molar-refractivity contribution in [1.29, 1.82) is 0 Å². The molecule has 0 amide bonds. The van der Waals surface area contributed by atoms with Crippen LogP contribution in [0.1, 0.15) is 24.5 Å². The van der Waals surface area contributed by atoms with Crippen molar-refractivity contribution in [1.82, 2.24) is 14.7 Å². The highest BCUT2D eigenvalue weighted by Crippen LogP contribution is 2.29. The van der Waals surface area contributed by atoms with E-state index in [4.69, 9.17) is 9.47 Å². The first-order valence-corrected chi connectivity index (χ1v) is 8.68. The van der Waals surface area contributed by atoms with Crippen LogP contribution in [-0.2, 0) is 23.8 Å². The van der Waals surface area contributed by atoms with Gasteiger partial charge < -0.3 is 9.47 Å². The molecule has 1 aliphatic heterocycles. The van der Waals surface area contributed by atoms with E-state index < -0.39 is 0 Å². The van der Waals surface area contributed by atoms with E-state index in [-0.39, 0.29) is 11.4 Å². The van der Waals surface area contributed by atoms with E-state index in [0.29, 0.717) is 12.4 Å². The van der Waals surface area contributed by atoms with Gasteiger partial charge in [-0.1, -0.05) is 6.07 Å². The van der Waals surface area contributed by atoms with E-state index in [1.54, 1.807) is 16.8 Å². The Morgan fingerprint density at radius 1 is 1.40 bits per heavy atom. The molecule has 6 heteroatoms. The number of methoxy groups -OCH3 is 1. The van der Waals surface area contributed by atoms with Gasteiger partial charge in [0.05, 0.1) is 19.9 Å². The smallest absolute Gasteiger partial charge is 0.165 e. The number of hydrogen-bond donors (Lipinski definition) is 0. The van der Waals surface area contributed by atoms with Gasteiger partial charge in [0, 0.05) is 31.9 Å². The molecule has 3 rings (SSSR count). The van der Waals surface area contributed by atoms with Crippen LogP contribution >= 0.6 is 0 Å². The molecule has 1 fully saturated rings. The molecule has 0 bridgehead atoms. The van der Waals surface area contributed by atoms with Gasteiger partial charge in [0.15, 0.2) is 11.6 Å². The fourth-order valence-electron chi connectivity index (χ4n) is 3.38. The van der Waals surface area contributed by atoms with Crippen molar-refractivity contribution < 1.29 is 13.9 Å². The summed E-state index contributed by atoms with van der Waals surface area (Å²) in [5.41, 5.74) is 1.79. The number of nitrogens with zero attached hydrogens (tertiary/aromatic N) is 3. The fraction of sp³-hybridized carbons (Fsp3) is 0.526. The molecule has 1 aromatic heterocycles. The molecule has 1 atom stereocenters. The number of aryl methyl sites for hydroxylation is 2. The van der Waals surface area contributed by atoms with E-state index in [2.05, 4.69) is 16.9 Å². The summed E-state index contributed by atoms with van der Waals surface area (Å²) in [6, 6.07) is 5.19. The average molecular weight is 347 g/mol. The zero-order valence-corrected chi connectivity index (χ0v) is 15.2. The van der Waals surface area contributed by atoms with Crippen LogP contribution in [0.5, 0.6) is 5.75 Å². The van der Waals surface area contributed by atoms with Crippen LogP contribution in [0.25, 0.3) is 0 Å². The molecule has 0 aliphatic carbocycles. The van der Waals surface area contributed by atoms with E-state index >= 15 is 0 Å². The van der Waals surface area contributed by atoms with Gasteiger partial charge in [0.1, 0.15) is 5.60 Å². The van der Waals surface area contributed by atoms with Gasteiger partial charge in [-0.05, 0) is 44.0 Å². The summed E-state index contributed by atoms with van der Waals surface area (Å²) in [4.78, 5) is 2.41. The summed E-state index contributed by atoms with van der Waals surface area (Å²) in [6.45, 7) is 5.56. The molecule has 0 spiro atoms. The molecule has 5 nitrogen and oxygen atoms in total. The zero-order chi connectivity index (χ0) is 17.9. The molecular weight excluding hydrogens is 321 g/mol. The van der Waals surface area contributed by atoms with Crippen LogP contribution in [0.2, 0.25) is 0 Å². The van der Waals surface area contributed by atoms with Gasteiger partial charge in [0.25, 0.3) is 0 Å². The van der Waals surface area contributed by atoms with Crippen LogP contribution in [-0.4, -0.2) is 48.0 Å². The van der Waals surface area contributed by atoms with Crippen molar-refractivity contribution in [2.24, 2.45) is 7.05 Å². The van der Waals surface area contributed by atoms with Crippen LogP contribution in [0, 0.1) is 5.82 Å². The molecule has 0 N–H and O–H groups in total. The fourth-order valence-corrected chi connectivity index (χ4v) is 3.38. The van der Waals surface area contributed by atoms with E-state index in [9.17, 15) is 4.39 Å². The maximum Gasteiger partial charge on any atom is 0.165 e. The minimum absolute atomic E-state index is 0.296. The third-order valence-electron chi connectivity index (χ3n) is 4.82. The van der Waals surface area contributed by atoms with Gasteiger partial charge in [-0.25, -0.2) is 4.39 Å². The minimum atomic E-state index is -0.321. The Morgan fingerprint density at radius 3 is 2.92 bits per heavy atom. The Balaban J connectivity index is 1.54. The molecule has 1 aliphatic rings. The summed E-state index contributed by atoms with van der Waals surface area (Å²) < 4.78 is 26.6. The monoisotopic (exact) mass is 347 g/mol. The summed E-state index contributed by atoms with van der Waals surface area (Å²) in [6.07, 6.45) is 5.73. The molecule has 1 aromatic carbocycles. The Kier molecular flexibility index (Phi) is 5.39. The predicted molar refractivity (Wildman–Crippen MR) is 94.2 cm³/mol. The standard InChI is InChI=1S/C19H26FN3O2/c1-19(16-12-21-22(2)13-16)14-23(9-10-25-19)8-4-5-15-6-7-18(24-3)17(20)11-15/h6-7,11-13H,4-5,8-10,14H2,1-3H3/t19-/m1/s1. The average Bonchev–Trinajstić information content (AvgIpc) is 3.03. The van der Waals surface area contributed by atoms with E-state index in [1.807, 2.05) is 25.5 Å². The lowest BCUT2D eigenvalue weighted by molar-refractivity contribution is -0.103. The first kappa shape index (κ1) is 17.9. The molecular formula is C19H26FN3O2. The second kappa shape index (κ2) is 7.54. The maximum absolute atomic E-state index is 13.8. The molecule has 25 heavy (non-hydrogen) atoms. The molecule has 2 heterocycles. The van der Waals surface area contributed by atoms with Gasteiger partial charge in [-0.15, -0.1) is 0 Å². The number of hydrogen-bond acceptors (Lipinski definition) is 4. The number of ether oxygens (including phenoxy) is 2. The van der Waals surface area contributed by atoms with Crippen LogP contribution in [0.4, 0.5) is 4.39 Å². The van der Waals surface area contributed by atoms with Gasteiger partial charge in [-0.2, -0.15) is 5.10 Å². The molecule has 0 unspecified atom stereocenters. The normalized spacial score (nSPS) is 21.4. The van der Waals surface area contributed by atoms with Crippen molar-refractivity contribution >= 4 is 0 Å². The Bertz CT molecular complexity index is 718. The van der Waals surface area contributed by atoms with Crippen LogP contribution in [0.15, 0.2) is 30.6 Å². The highest BCUT2D eigenvalue weighted by Gasteiger charge is 2.34. The lowest BCUT2D eigenvalue weighted by Gasteiger charge is -2.40. The van der Waals surface area contributed by atoms with Crippen molar-refractivity contribution in [2.75, 3.05) is 33.4 Å². The first-order valence-electron chi connectivity index (χ1n) is 8.68. The Hall–Kier alpha value is -1.92. The molecule has 0 radical (unpaired) electrons. The van der Waals surface area contributed by atoms with Gasteiger partial charge in [0.2, 0.25) is 0 Å². The predicted octanol–water partition coefficient (Wildman–Crippen LogP) is 2.75. The van der Waals surface area contributed by atoms with Crippen molar-refractivity contribution in [3.8, 4) is 5.75 Å². The summed E-state index contributed by atoms with van der Waals surface area (Å²) in [7, 11) is 3.40. The van der Waals surface area contributed by atoms with Crippen molar-refractivity contribution in [3.05, 3.63) is 47.5 Å². The van der Waals surface area contributed by atoms with Crippen LogP contribution < -0.4 is 4.74 Å². The number of benzene rings is 1. The van der Waals surface area contributed by atoms with Crippen molar-refractivity contribution in [2.45, 2.75) is 25.4 Å². The molecule has 136 valence electrons. The largest absolute Gasteiger partial charge is 0.494 e. The van der Waals surface area contributed by atoms with Crippen LogP contribution in [0.3, 0.4) is 0 Å². The summed E-state index contributed by atoms with van der Waals surface area (Å²) in [5.74, 6) is -0.000285. The first-order chi connectivity index (χ1) is 12.0. The highest BCUT2D eigenvalue weighted by atomic mass is 19.1. The zero-order valence-electron chi connectivity index (χ0n) is 15.2. The van der Waals surface area contributed by atoms with Gasteiger partial charge in [-0.3, -0.25) is 9.58 Å². The lowest BCUT2D eigenvalue weighted by atomic mass is 9.96. The minimum Gasteiger partial charge on any atom is -0.494 e. The quantitative estimate of drug-likeness (QED) is 0.806. The lowest BCUT2D eigenvalue weighted by Crippen LogP contribution is -2.48. The summed E-state index contributed by atoms with van der Waals surface area (Å²) in [5, 5.41) is 4.26.